The molecule has 5 nitrogen and oxygen atoms in total. The van der Waals surface area contributed by atoms with Crippen molar-refractivity contribution < 1.29 is 4.79 Å². The molecule has 4 rings (SSSR count). The van der Waals surface area contributed by atoms with Crippen LogP contribution in [-0.2, 0) is 0 Å². The zero-order valence-electron chi connectivity index (χ0n) is 18.0. The normalized spacial score (nSPS) is 12.1. The number of amides is 1. The Morgan fingerprint density at radius 2 is 1.94 bits per heavy atom. The lowest BCUT2D eigenvalue weighted by molar-refractivity contribution is 0.0664. The van der Waals surface area contributed by atoms with E-state index >= 15 is 0 Å². The molecule has 0 fully saturated rings. The summed E-state index contributed by atoms with van der Waals surface area (Å²) >= 11 is 7.68. The summed E-state index contributed by atoms with van der Waals surface area (Å²) in [6, 6.07) is 17.8. The van der Waals surface area contributed by atoms with Crippen molar-refractivity contribution in [3.05, 3.63) is 92.1 Å². The Labute approximate surface area is 195 Å². The van der Waals surface area contributed by atoms with Gasteiger partial charge in [-0.3, -0.25) is 14.2 Å². The molecule has 2 heterocycles. The third kappa shape index (κ3) is 4.20. The van der Waals surface area contributed by atoms with Crippen LogP contribution in [0, 0.1) is 0 Å². The molecule has 0 aliphatic carbocycles. The van der Waals surface area contributed by atoms with Gasteiger partial charge in [-0.05, 0) is 54.6 Å². The smallest absolute Gasteiger partial charge is 0.266 e. The predicted molar refractivity (Wildman–Crippen MR) is 131 cm³/mol. The van der Waals surface area contributed by atoms with E-state index in [0.717, 1.165) is 6.42 Å². The molecule has 0 spiro atoms. The number of rotatable bonds is 7. The maximum atomic E-state index is 13.6. The average molecular weight is 466 g/mol. The Kier molecular flexibility index (Phi) is 6.72. The number of halogens is 1. The van der Waals surface area contributed by atoms with Gasteiger partial charge in [0, 0.05) is 11.6 Å². The van der Waals surface area contributed by atoms with Gasteiger partial charge in [0.15, 0.2) is 0 Å². The molecule has 1 unspecified atom stereocenters. The number of thiophene rings is 1. The van der Waals surface area contributed by atoms with Crippen LogP contribution in [0.15, 0.2) is 70.8 Å². The standard InChI is InChI=1S/C25H24ClN3O2S/c1-3-14-28(25(31)22-13-8-15-32-22)21(4-2)23-27-20-12-6-5-11-19(20)24(30)29(23)18-10-7-9-17(26)16-18/h5-13,15-16,21H,3-4,14H2,1-2H3. The summed E-state index contributed by atoms with van der Waals surface area (Å²) in [5, 5.41) is 2.95. The van der Waals surface area contributed by atoms with Crippen LogP contribution in [0.4, 0.5) is 0 Å². The summed E-state index contributed by atoms with van der Waals surface area (Å²) < 4.78 is 1.60. The maximum Gasteiger partial charge on any atom is 0.266 e. The van der Waals surface area contributed by atoms with E-state index in [0.29, 0.717) is 45.3 Å². The fraction of sp³-hybridized carbons (Fsp3) is 0.240. The Morgan fingerprint density at radius 1 is 1.12 bits per heavy atom. The molecule has 0 radical (unpaired) electrons. The van der Waals surface area contributed by atoms with Crippen molar-refractivity contribution in [1.82, 2.24) is 14.5 Å². The van der Waals surface area contributed by atoms with Crippen LogP contribution in [0.1, 0.15) is 48.2 Å². The molecule has 1 atom stereocenters. The number of fused-ring (bicyclic) bond motifs is 1. The van der Waals surface area contributed by atoms with Crippen molar-refractivity contribution in [2.24, 2.45) is 0 Å². The molecular weight excluding hydrogens is 442 g/mol. The predicted octanol–water partition coefficient (Wildman–Crippen LogP) is 6.10. The molecule has 2 aromatic heterocycles. The molecular formula is C25H24ClN3O2S. The second-order valence-electron chi connectivity index (χ2n) is 7.51. The highest BCUT2D eigenvalue weighted by Gasteiger charge is 2.29. The number of carbonyl (C=O) groups is 1. The van der Waals surface area contributed by atoms with E-state index in [4.69, 9.17) is 16.6 Å². The van der Waals surface area contributed by atoms with Gasteiger partial charge >= 0.3 is 0 Å². The van der Waals surface area contributed by atoms with Crippen molar-refractivity contribution in [3.8, 4) is 5.69 Å². The summed E-state index contributed by atoms with van der Waals surface area (Å²) in [5.74, 6) is 0.491. The van der Waals surface area contributed by atoms with Crippen LogP contribution in [0.25, 0.3) is 16.6 Å². The van der Waals surface area contributed by atoms with Crippen molar-refractivity contribution >= 4 is 39.7 Å². The van der Waals surface area contributed by atoms with Gasteiger partial charge in [-0.25, -0.2) is 4.98 Å². The summed E-state index contributed by atoms with van der Waals surface area (Å²) in [5.41, 5.74) is 1.07. The van der Waals surface area contributed by atoms with Gasteiger partial charge < -0.3 is 4.90 Å². The highest BCUT2D eigenvalue weighted by atomic mass is 35.5. The molecule has 0 saturated carbocycles. The van der Waals surface area contributed by atoms with Crippen molar-refractivity contribution in [2.45, 2.75) is 32.7 Å². The van der Waals surface area contributed by atoms with E-state index in [2.05, 4.69) is 0 Å². The quantitative estimate of drug-likeness (QED) is 0.331. The zero-order valence-corrected chi connectivity index (χ0v) is 19.6. The Hall–Kier alpha value is -2.96. The van der Waals surface area contributed by atoms with E-state index in [-0.39, 0.29) is 17.5 Å². The van der Waals surface area contributed by atoms with Gasteiger partial charge in [0.05, 0.1) is 27.5 Å². The van der Waals surface area contributed by atoms with Crippen LogP contribution >= 0.6 is 22.9 Å². The molecule has 0 aliphatic heterocycles. The lowest BCUT2D eigenvalue weighted by Gasteiger charge is -2.32. The van der Waals surface area contributed by atoms with Crippen molar-refractivity contribution in [1.29, 1.82) is 0 Å². The summed E-state index contributed by atoms with van der Waals surface area (Å²) in [6.45, 7) is 4.62. The van der Waals surface area contributed by atoms with E-state index < -0.39 is 0 Å². The largest absolute Gasteiger partial charge is 0.328 e. The minimum Gasteiger partial charge on any atom is -0.328 e. The van der Waals surface area contributed by atoms with Gasteiger partial charge in [-0.1, -0.05) is 49.7 Å². The van der Waals surface area contributed by atoms with Gasteiger partial charge in [-0.2, -0.15) is 0 Å². The zero-order chi connectivity index (χ0) is 22.7. The Bertz CT molecular complexity index is 1300. The molecule has 2 aromatic carbocycles. The molecule has 0 N–H and O–H groups in total. The number of carbonyl (C=O) groups excluding carboxylic acids is 1. The topological polar surface area (TPSA) is 55.2 Å². The molecule has 7 heteroatoms. The van der Waals surface area contributed by atoms with Gasteiger partial charge in [0.1, 0.15) is 5.82 Å². The Balaban J connectivity index is 1.97. The number of benzene rings is 2. The van der Waals surface area contributed by atoms with Crippen LogP contribution in [0.2, 0.25) is 5.02 Å². The minimum absolute atomic E-state index is 0.0475. The molecule has 32 heavy (non-hydrogen) atoms. The van der Waals surface area contributed by atoms with E-state index in [9.17, 15) is 9.59 Å². The highest BCUT2D eigenvalue weighted by Crippen LogP contribution is 2.29. The summed E-state index contributed by atoms with van der Waals surface area (Å²) in [4.78, 5) is 34.5. The first-order valence-corrected chi connectivity index (χ1v) is 11.9. The van der Waals surface area contributed by atoms with E-state index in [1.54, 1.807) is 22.8 Å². The minimum atomic E-state index is -0.374. The van der Waals surface area contributed by atoms with Crippen molar-refractivity contribution in [3.63, 3.8) is 0 Å². The first-order chi connectivity index (χ1) is 15.5. The van der Waals surface area contributed by atoms with Crippen molar-refractivity contribution in [2.75, 3.05) is 6.54 Å². The highest BCUT2D eigenvalue weighted by molar-refractivity contribution is 7.12. The second-order valence-corrected chi connectivity index (χ2v) is 8.89. The van der Waals surface area contributed by atoms with Gasteiger partial charge in [0.2, 0.25) is 0 Å². The third-order valence-electron chi connectivity index (χ3n) is 5.39. The molecule has 0 saturated heterocycles. The first-order valence-electron chi connectivity index (χ1n) is 10.7. The number of hydrogen-bond donors (Lipinski definition) is 0. The van der Waals surface area contributed by atoms with E-state index in [1.807, 2.05) is 66.6 Å². The fourth-order valence-electron chi connectivity index (χ4n) is 3.96. The maximum absolute atomic E-state index is 13.6. The van der Waals surface area contributed by atoms with Gasteiger partial charge in [0.25, 0.3) is 11.5 Å². The second kappa shape index (κ2) is 9.67. The summed E-state index contributed by atoms with van der Waals surface area (Å²) in [6.07, 6.45) is 1.41. The van der Waals surface area contributed by atoms with Gasteiger partial charge in [-0.15, -0.1) is 11.3 Å². The first kappa shape index (κ1) is 22.2. The monoisotopic (exact) mass is 465 g/mol. The lowest BCUT2D eigenvalue weighted by Crippen LogP contribution is -2.38. The molecule has 4 aromatic rings. The van der Waals surface area contributed by atoms with Crippen LogP contribution in [0.5, 0.6) is 0 Å². The third-order valence-corrected chi connectivity index (χ3v) is 6.48. The Morgan fingerprint density at radius 3 is 2.62 bits per heavy atom. The number of para-hydroxylation sites is 1. The molecule has 0 bridgehead atoms. The summed E-state index contributed by atoms with van der Waals surface area (Å²) in [7, 11) is 0. The SMILES string of the molecule is CCCN(C(=O)c1cccs1)C(CC)c1nc2ccccc2c(=O)n1-c1cccc(Cl)c1. The molecule has 0 aliphatic rings. The number of hydrogen-bond acceptors (Lipinski definition) is 4. The number of aromatic nitrogens is 2. The average Bonchev–Trinajstić information content (AvgIpc) is 3.34. The van der Waals surface area contributed by atoms with Crippen LogP contribution in [0.3, 0.4) is 0 Å². The fourth-order valence-corrected chi connectivity index (χ4v) is 4.83. The molecule has 164 valence electrons. The van der Waals surface area contributed by atoms with Crippen LogP contribution < -0.4 is 5.56 Å². The number of nitrogens with zero attached hydrogens (tertiary/aromatic N) is 3. The molecule has 1 amide bonds. The lowest BCUT2D eigenvalue weighted by atomic mass is 10.1. The van der Waals surface area contributed by atoms with E-state index in [1.165, 1.54) is 11.3 Å². The van der Waals surface area contributed by atoms with Crippen LogP contribution in [-0.4, -0.2) is 26.9 Å².